The Bertz CT molecular complexity index is 959. The molecule has 0 bridgehead atoms. The van der Waals surface area contributed by atoms with Crippen molar-refractivity contribution in [2.24, 2.45) is 0 Å². The summed E-state index contributed by atoms with van der Waals surface area (Å²) in [6.07, 6.45) is 1.56. The number of nitrogens with zero attached hydrogens (tertiary/aromatic N) is 5. The van der Waals surface area contributed by atoms with Crippen molar-refractivity contribution in [3.05, 3.63) is 52.6 Å². The number of piperazine rings is 1. The van der Waals surface area contributed by atoms with Gasteiger partial charge in [-0.3, -0.25) is 13.9 Å². The van der Waals surface area contributed by atoms with Crippen LogP contribution < -0.4 is 15.8 Å². The molecule has 1 aliphatic heterocycles. The first kappa shape index (κ1) is 17.7. The summed E-state index contributed by atoms with van der Waals surface area (Å²) >= 11 is 0. The minimum absolute atomic E-state index is 0.0816. The molecule has 1 N–H and O–H groups in total. The van der Waals surface area contributed by atoms with Crippen LogP contribution in [0.1, 0.15) is 5.56 Å². The molecule has 0 unspecified atom stereocenters. The molecule has 1 aromatic carbocycles. The molecule has 3 heterocycles. The number of hydrogen-bond acceptors (Lipinski definition) is 6. The fourth-order valence-electron chi connectivity index (χ4n) is 3.41. The van der Waals surface area contributed by atoms with Gasteiger partial charge in [0, 0.05) is 33.3 Å². The number of nitrogens with one attached hydrogen (secondary N) is 1. The molecular weight excluding hydrogens is 344 g/mol. The summed E-state index contributed by atoms with van der Waals surface area (Å²) in [6, 6.07) is 10.1. The van der Waals surface area contributed by atoms with Gasteiger partial charge in [-0.1, -0.05) is 30.3 Å². The quantitative estimate of drug-likeness (QED) is 0.690. The van der Waals surface area contributed by atoms with Crippen LogP contribution in [0.25, 0.3) is 11.2 Å². The summed E-state index contributed by atoms with van der Waals surface area (Å²) in [4.78, 5) is 24.5. The standard InChI is InChI=1S/C19H24N6O2/c1-27-12-11-24-14-21-17-16(18(24)26)25(13-15-5-3-2-4-6-15)19(22-17)23-9-7-20-8-10-23/h2-6,14,20H,7-13H2,1H3. The van der Waals surface area contributed by atoms with E-state index < -0.39 is 0 Å². The highest BCUT2D eigenvalue weighted by atomic mass is 16.5. The molecule has 0 amide bonds. The molecule has 142 valence electrons. The summed E-state index contributed by atoms with van der Waals surface area (Å²) in [5.41, 5.74) is 2.09. The Hall–Kier alpha value is -2.71. The Morgan fingerprint density at radius 1 is 1.19 bits per heavy atom. The van der Waals surface area contributed by atoms with Crippen LogP contribution in [0.2, 0.25) is 0 Å². The molecule has 8 heteroatoms. The number of benzene rings is 1. The summed E-state index contributed by atoms with van der Waals surface area (Å²) in [6.45, 7) is 5.04. The lowest BCUT2D eigenvalue weighted by molar-refractivity contribution is 0.186. The van der Waals surface area contributed by atoms with E-state index in [4.69, 9.17) is 9.72 Å². The molecule has 1 fully saturated rings. The van der Waals surface area contributed by atoms with E-state index in [0.717, 1.165) is 37.7 Å². The van der Waals surface area contributed by atoms with E-state index in [2.05, 4.69) is 27.3 Å². The molecule has 27 heavy (non-hydrogen) atoms. The van der Waals surface area contributed by atoms with Gasteiger partial charge in [-0.25, -0.2) is 4.98 Å². The average molecular weight is 368 g/mol. The Morgan fingerprint density at radius 3 is 2.70 bits per heavy atom. The Labute approximate surface area is 157 Å². The van der Waals surface area contributed by atoms with E-state index in [1.807, 2.05) is 22.8 Å². The molecule has 2 aromatic heterocycles. The number of aromatic nitrogens is 4. The second kappa shape index (κ2) is 7.89. The highest BCUT2D eigenvalue weighted by Crippen LogP contribution is 2.21. The van der Waals surface area contributed by atoms with Crippen LogP contribution in [0.15, 0.2) is 41.5 Å². The Morgan fingerprint density at radius 2 is 1.96 bits per heavy atom. The summed E-state index contributed by atoms with van der Waals surface area (Å²) in [7, 11) is 1.62. The first-order chi connectivity index (χ1) is 13.3. The zero-order chi connectivity index (χ0) is 18.6. The van der Waals surface area contributed by atoms with Crippen LogP contribution in [0.4, 0.5) is 5.95 Å². The van der Waals surface area contributed by atoms with Gasteiger partial charge in [0.25, 0.3) is 5.56 Å². The number of hydrogen-bond donors (Lipinski definition) is 1. The van der Waals surface area contributed by atoms with E-state index >= 15 is 0 Å². The van der Waals surface area contributed by atoms with E-state index in [0.29, 0.717) is 30.9 Å². The maximum Gasteiger partial charge on any atom is 0.279 e. The van der Waals surface area contributed by atoms with Gasteiger partial charge in [0.15, 0.2) is 11.2 Å². The van der Waals surface area contributed by atoms with Gasteiger partial charge in [0.1, 0.15) is 6.33 Å². The number of fused-ring (bicyclic) bond motifs is 1. The van der Waals surface area contributed by atoms with Crippen molar-refractivity contribution in [2.45, 2.75) is 13.1 Å². The maximum absolute atomic E-state index is 13.1. The lowest BCUT2D eigenvalue weighted by atomic mass is 10.2. The van der Waals surface area contributed by atoms with Crippen molar-refractivity contribution in [3.8, 4) is 0 Å². The number of ether oxygens (including phenoxy) is 1. The Balaban J connectivity index is 1.84. The number of imidazole rings is 1. The number of rotatable bonds is 6. The topological polar surface area (TPSA) is 77.2 Å². The van der Waals surface area contributed by atoms with Crippen LogP contribution in [0.5, 0.6) is 0 Å². The van der Waals surface area contributed by atoms with Gasteiger partial charge in [-0.2, -0.15) is 4.98 Å². The first-order valence-electron chi connectivity index (χ1n) is 9.22. The number of methoxy groups -OCH3 is 1. The van der Waals surface area contributed by atoms with Crippen molar-refractivity contribution >= 4 is 17.1 Å². The second-order valence-electron chi connectivity index (χ2n) is 6.63. The van der Waals surface area contributed by atoms with Gasteiger partial charge in [-0.15, -0.1) is 0 Å². The predicted octanol–water partition coefficient (Wildman–Crippen LogP) is 0.697. The SMILES string of the molecule is COCCn1cnc2nc(N3CCNCC3)n(Cc3ccccc3)c2c1=O. The van der Waals surface area contributed by atoms with Gasteiger partial charge < -0.3 is 15.0 Å². The van der Waals surface area contributed by atoms with Crippen LogP contribution in [0, 0.1) is 0 Å². The molecule has 1 saturated heterocycles. The molecule has 0 aliphatic carbocycles. The monoisotopic (exact) mass is 368 g/mol. The van der Waals surface area contributed by atoms with Gasteiger partial charge in [0.2, 0.25) is 5.95 Å². The van der Waals surface area contributed by atoms with E-state index in [1.165, 1.54) is 0 Å². The molecule has 0 radical (unpaired) electrons. The van der Waals surface area contributed by atoms with Crippen molar-refractivity contribution in [1.29, 1.82) is 0 Å². The highest BCUT2D eigenvalue weighted by molar-refractivity contribution is 5.74. The highest BCUT2D eigenvalue weighted by Gasteiger charge is 2.22. The molecule has 0 saturated carbocycles. The zero-order valence-electron chi connectivity index (χ0n) is 15.5. The lowest BCUT2D eigenvalue weighted by Gasteiger charge is -2.28. The van der Waals surface area contributed by atoms with E-state index in [1.54, 1.807) is 18.0 Å². The minimum atomic E-state index is -0.0816. The third kappa shape index (κ3) is 3.58. The van der Waals surface area contributed by atoms with Crippen molar-refractivity contribution in [2.75, 3.05) is 44.8 Å². The van der Waals surface area contributed by atoms with Crippen LogP contribution in [0.3, 0.4) is 0 Å². The van der Waals surface area contributed by atoms with Gasteiger partial charge >= 0.3 is 0 Å². The zero-order valence-corrected chi connectivity index (χ0v) is 15.5. The number of anilines is 1. The predicted molar refractivity (Wildman–Crippen MR) is 104 cm³/mol. The Kier molecular flexibility index (Phi) is 5.17. The molecule has 0 atom stereocenters. The third-order valence-corrected chi connectivity index (χ3v) is 4.83. The van der Waals surface area contributed by atoms with Crippen molar-refractivity contribution < 1.29 is 4.74 Å². The molecule has 8 nitrogen and oxygen atoms in total. The van der Waals surface area contributed by atoms with Crippen LogP contribution in [-0.2, 0) is 17.8 Å². The lowest BCUT2D eigenvalue weighted by Crippen LogP contribution is -2.44. The summed E-state index contributed by atoms with van der Waals surface area (Å²) < 4.78 is 8.72. The van der Waals surface area contributed by atoms with E-state index in [-0.39, 0.29) is 5.56 Å². The fraction of sp³-hybridized carbons (Fsp3) is 0.421. The normalized spacial score (nSPS) is 14.8. The maximum atomic E-state index is 13.1. The second-order valence-corrected chi connectivity index (χ2v) is 6.63. The van der Waals surface area contributed by atoms with Crippen LogP contribution in [-0.4, -0.2) is 59.0 Å². The van der Waals surface area contributed by atoms with Gasteiger partial charge in [-0.05, 0) is 5.56 Å². The first-order valence-corrected chi connectivity index (χ1v) is 9.22. The third-order valence-electron chi connectivity index (χ3n) is 4.83. The van der Waals surface area contributed by atoms with Crippen molar-refractivity contribution in [3.63, 3.8) is 0 Å². The average Bonchev–Trinajstić information content (AvgIpc) is 3.08. The van der Waals surface area contributed by atoms with E-state index in [9.17, 15) is 4.79 Å². The molecule has 4 rings (SSSR count). The molecule has 3 aromatic rings. The molecule has 1 aliphatic rings. The molecule has 0 spiro atoms. The summed E-state index contributed by atoms with van der Waals surface area (Å²) in [5.74, 6) is 0.810. The van der Waals surface area contributed by atoms with Crippen LogP contribution >= 0.6 is 0 Å². The van der Waals surface area contributed by atoms with Crippen molar-refractivity contribution in [1.82, 2.24) is 24.4 Å². The minimum Gasteiger partial charge on any atom is -0.383 e. The fourth-order valence-corrected chi connectivity index (χ4v) is 3.41. The molecular formula is C19H24N6O2. The summed E-state index contributed by atoms with van der Waals surface area (Å²) in [5, 5.41) is 3.36. The largest absolute Gasteiger partial charge is 0.383 e. The smallest absolute Gasteiger partial charge is 0.279 e. The van der Waals surface area contributed by atoms with Gasteiger partial charge in [0.05, 0.1) is 19.7 Å².